The summed E-state index contributed by atoms with van der Waals surface area (Å²) < 4.78 is 0. The van der Waals surface area contributed by atoms with E-state index in [1.807, 2.05) is 24.3 Å². The van der Waals surface area contributed by atoms with Crippen LogP contribution < -0.4 is 11.1 Å². The van der Waals surface area contributed by atoms with Crippen molar-refractivity contribution in [1.82, 2.24) is 10.2 Å². The third-order valence-corrected chi connectivity index (χ3v) is 2.23. The van der Waals surface area contributed by atoms with Crippen LogP contribution in [0.5, 0.6) is 0 Å². The standard InChI is InChI=1S/C12H14N4/c13-8-7-10-3-5-11(6-4-10)15-12-2-1-9-14-16-12/h1-6,9H,7-8,13H2,(H,15,16). The number of nitrogens with one attached hydrogen (secondary N) is 1. The fraction of sp³-hybridized carbons (Fsp3) is 0.167. The molecule has 16 heavy (non-hydrogen) atoms. The van der Waals surface area contributed by atoms with E-state index in [-0.39, 0.29) is 0 Å². The van der Waals surface area contributed by atoms with Gasteiger partial charge in [-0.1, -0.05) is 12.1 Å². The van der Waals surface area contributed by atoms with E-state index in [9.17, 15) is 0 Å². The summed E-state index contributed by atoms with van der Waals surface area (Å²) in [6.45, 7) is 0.678. The van der Waals surface area contributed by atoms with Gasteiger partial charge in [-0.15, -0.1) is 5.10 Å². The van der Waals surface area contributed by atoms with Gasteiger partial charge < -0.3 is 11.1 Å². The molecule has 3 N–H and O–H groups in total. The molecule has 0 aliphatic carbocycles. The molecule has 0 amide bonds. The van der Waals surface area contributed by atoms with Gasteiger partial charge in [-0.25, -0.2) is 0 Å². The van der Waals surface area contributed by atoms with E-state index in [1.54, 1.807) is 6.20 Å². The lowest BCUT2D eigenvalue weighted by molar-refractivity contribution is 0.969. The molecule has 0 radical (unpaired) electrons. The van der Waals surface area contributed by atoms with Gasteiger partial charge in [0.25, 0.3) is 0 Å². The molecule has 1 heterocycles. The molecular weight excluding hydrogens is 200 g/mol. The summed E-state index contributed by atoms with van der Waals surface area (Å²) in [6, 6.07) is 11.9. The normalized spacial score (nSPS) is 10.1. The zero-order valence-electron chi connectivity index (χ0n) is 8.93. The first-order valence-corrected chi connectivity index (χ1v) is 5.22. The van der Waals surface area contributed by atoms with Crippen LogP contribution >= 0.6 is 0 Å². The maximum Gasteiger partial charge on any atom is 0.153 e. The summed E-state index contributed by atoms with van der Waals surface area (Å²) in [7, 11) is 0. The van der Waals surface area contributed by atoms with Gasteiger partial charge in [-0.3, -0.25) is 0 Å². The van der Waals surface area contributed by atoms with E-state index >= 15 is 0 Å². The topological polar surface area (TPSA) is 63.8 Å². The van der Waals surface area contributed by atoms with Gasteiger partial charge >= 0.3 is 0 Å². The number of nitrogens with two attached hydrogens (primary N) is 1. The maximum atomic E-state index is 5.49. The van der Waals surface area contributed by atoms with Crippen molar-refractivity contribution in [2.45, 2.75) is 6.42 Å². The third-order valence-electron chi connectivity index (χ3n) is 2.23. The van der Waals surface area contributed by atoms with Gasteiger partial charge in [0, 0.05) is 11.9 Å². The highest BCUT2D eigenvalue weighted by atomic mass is 15.2. The van der Waals surface area contributed by atoms with Crippen LogP contribution in [-0.2, 0) is 6.42 Å². The Hall–Kier alpha value is -1.94. The Labute approximate surface area is 94.5 Å². The van der Waals surface area contributed by atoms with Crippen LogP contribution in [0, 0.1) is 0 Å². The Bertz CT molecular complexity index is 425. The number of nitrogens with zero attached hydrogens (tertiary/aromatic N) is 2. The minimum absolute atomic E-state index is 0.678. The summed E-state index contributed by atoms with van der Waals surface area (Å²) >= 11 is 0. The van der Waals surface area contributed by atoms with E-state index in [1.165, 1.54) is 5.56 Å². The average Bonchev–Trinajstić information content (AvgIpc) is 2.33. The van der Waals surface area contributed by atoms with Crippen molar-refractivity contribution < 1.29 is 0 Å². The molecule has 1 aromatic carbocycles. The number of anilines is 2. The van der Waals surface area contributed by atoms with Gasteiger partial charge in [0.1, 0.15) is 0 Å². The van der Waals surface area contributed by atoms with E-state index in [4.69, 9.17) is 5.73 Å². The molecule has 1 aromatic heterocycles. The molecule has 2 aromatic rings. The summed E-state index contributed by atoms with van der Waals surface area (Å²) in [5.41, 5.74) is 7.73. The molecule has 0 spiro atoms. The summed E-state index contributed by atoms with van der Waals surface area (Å²) in [4.78, 5) is 0. The minimum Gasteiger partial charge on any atom is -0.339 e. The highest BCUT2D eigenvalue weighted by Gasteiger charge is 1.96. The Morgan fingerprint density at radius 2 is 1.94 bits per heavy atom. The molecule has 4 nitrogen and oxygen atoms in total. The first kappa shape index (κ1) is 10.6. The van der Waals surface area contributed by atoms with Gasteiger partial charge in [-0.2, -0.15) is 5.10 Å². The SMILES string of the molecule is NCCc1ccc(Nc2cccnn2)cc1. The van der Waals surface area contributed by atoms with Crippen LogP contribution in [0.3, 0.4) is 0 Å². The predicted octanol–water partition coefficient (Wildman–Crippen LogP) is 1.72. The summed E-state index contributed by atoms with van der Waals surface area (Å²) in [6.07, 6.45) is 2.56. The molecule has 0 fully saturated rings. The second-order valence-corrected chi connectivity index (χ2v) is 3.47. The zero-order valence-corrected chi connectivity index (χ0v) is 8.93. The van der Waals surface area contributed by atoms with Crippen LogP contribution in [-0.4, -0.2) is 16.7 Å². The molecule has 82 valence electrons. The minimum atomic E-state index is 0.678. The van der Waals surface area contributed by atoms with E-state index < -0.39 is 0 Å². The number of hydrogen-bond acceptors (Lipinski definition) is 4. The second-order valence-electron chi connectivity index (χ2n) is 3.47. The summed E-state index contributed by atoms with van der Waals surface area (Å²) in [5, 5.41) is 10.9. The molecule has 0 unspecified atom stereocenters. The van der Waals surface area contributed by atoms with Crippen LogP contribution in [0.2, 0.25) is 0 Å². The van der Waals surface area contributed by atoms with E-state index in [0.29, 0.717) is 6.54 Å². The van der Waals surface area contributed by atoms with Crippen molar-refractivity contribution in [3.05, 3.63) is 48.2 Å². The van der Waals surface area contributed by atoms with Crippen molar-refractivity contribution in [3.63, 3.8) is 0 Å². The van der Waals surface area contributed by atoms with E-state index in [2.05, 4.69) is 27.6 Å². The number of benzene rings is 1. The quantitative estimate of drug-likeness (QED) is 0.813. The van der Waals surface area contributed by atoms with Crippen molar-refractivity contribution in [1.29, 1.82) is 0 Å². The van der Waals surface area contributed by atoms with Crippen molar-refractivity contribution in [2.24, 2.45) is 5.73 Å². The van der Waals surface area contributed by atoms with Crippen molar-refractivity contribution >= 4 is 11.5 Å². The molecule has 0 saturated carbocycles. The highest BCUT2D eigenvalue weighted by Crippen LogP contribution is 2.14. The van der Waals surface area contributed by atoms with Gasteiger partial charge in [0.2, 0.25) is 0 Å². The lowest BCUT2D eigenvalue weighted by atomic mass is 10.1. The monoisotopic (exact) mass is 214 g/mol. The van der Waals surface area contributed by atoms with Crippen LogP contribution in [0.4, 0.5) is 11.5 Å². The molecule has 4 heteroatoms. The smallest absolute Gasteiger partial charge is 0.153 e. The van der Waals surface area contributed by atoms with Crippen LogP contribution in [0.25, 0.3) is 0 Å². The van der Waals surface area contributed by atoms with E-state index in [0.717, 1.165) is 17.9 Å². The lowest BCUT2D eigenvalue weighted by Crippen LogP contribution is -2.02. The molecular formula is C12H14N4. The number of aromatic nitrogens is 2. The van der Waals surface area contributed by atoms with Crippen molar-refractivity contribution in [3.8, 4) is 0 Å². The van der Waals surface area contributed by atoms with Gasteiger partial charge in [0.15, 0.2) is 5.82 Å². The fourth-order valence-electron chi connectivity index (χ4n) is 1.44. The van der Waals surface area contributed by atoms with Crippen LogP contribution in [0.15, 0.2) is 42.6 Å². The van der Waals surface area contributed by atoms with Gasteiger partial charge in [-0.05, 0) is 42.8 Å². The number of rotatable bonds is 4. The number of hydrogen-bond donors (Lipinski definition) is 2. The Kier molecular flexibility index (Phi) is 3.46. The zero-order chi connectivity index (χ0) is 11.2. The first-order chi connectivity index (χ1) is 7.88. The Balaban J connectivity index is 2.05. The second kappa shape index (κ2) is 5.23. The molecule has 0 saturated heterocycles. The van der Waals surface area contributed by atoms with Crippen LogP contribution in [0.1, 0.15) is 5.56 Å². The highest BCUT2D eigenvalue weighted by molar-refractivity contribution is 5.55. The summed E-state index contributed by atoms with van der Waals surface area (Å²) in [5.74, 6) is 0.745. The Morgan fingerprint density at radius 1 is 1.12 bits per heavy atom. The average molecular weight is 214 g/mol. The molecule has 0 aliphatic heterocycles. The maximum absolute atomic E-state index is 5.49. The third kappa shape index (κ3) is 2.77. The predicted molar refractivity (Wildman–Crippen MR) is 64.5 cm³/mol. The fourth-order valence-corrected chi connectivity index (χ4v) is 1.44. The van der Waals surface area contributed by atoms with Gasteiger partial charge in [0.05, 0.1) is 0 Å². The largest absolute Gasteiger partial charge is 0.339 e. The molecule has 0 aliphatic rings. The molecule has 0 atom stereocenters. The van der Waals surface area contributed by atoms with Crippen molar-refractivity contribution in [2.75, 3.05) is 11.9 Å². The Morgan fingerprint density at radius 3 is 2.56 bits per heavy atom. The lowest BCUT2D eigenvalue weighted by Gasteiger charge is -2.05. The molecule has 2 rings (SSSR count). The first-order valence-electron chi connectivity index (χ1n) is 5.22. The molecule has 0 bridgehead atoms.